The minimum atomic E-state index is 0.936. The summed E-state index contributed by atoms with van der Waals surface area (Å²) in [5, 5.41) is 0. The zero-order chi connectivity index (χ0) is 10.8. The molecule has 0 radical (unpaired) electrons. The van der Waals surface area contributed by atoms with Crippen LogP contribution in [0.1, 0.15) is 23.9 Å². The number of H-pyrrole nitrogens is 1. The van der Waals surface area contributed by atoms with Gasteiger partial charge in [0.25, 0.3) is 0 Å². The molecule has 15 heavy (non-hydrogen) atoms. The molecule has 0 aliphatic heterocycles. The van der Waals surface area contributed by atoms with Crippen molar-refractivity contribution in [1.82, 2.24) is 9.97 Å². The molecule has 1 aromatic carbocycles. The molecule has 0 bridgehead atoms. The molecule has 2 aromatic rings. The maximum atomic E-state index is 4.47. The van der Waals surface area contributed by atoms with Crippen molar-refractivity contribution in [1.29, 1.82) is 0 Å². The van der Waals surface area contributed by atoms with Crippen molar-refractivity contribution in [3.8, 4) is 0 Å². The summed E-state index contributed by atoms with van der Waals surface area (Å²) in [4.78, 5) is 7.69. The molecule has 0 atom stereocenters. The van der Waals surface area contributed by atoms with E-state index in [1.807, 2.05) is 26.0 Å². The van der Waals surface area contributed by atoms with Gasteiger partial charge < -0.3 is 4.98 Å². The Bertz CT molecular complexity index is 533. The number of nitrogens with one attached hydrogen (secondary N) is 1. The number of imidazole rings is 1. The van der Waals surface area contributed by atoms with Crippen molar-refractivity contribution in [2.24, 2.45) is 0 Å². The Morgan fingerprint density at radius 2 is 2.20 bits per heavy atom. The summed E-state index contributed by atoms with van der Waals surface area (Å²) >= 11 is 0. The van der Waals surface area contributed by atoms with E-state index in [4.69, 9.17) is 0 Å². The van der Waals surface area contributed by atoms with E-state index in [0.29, 0.717) is 0 Å². The highest BCUT2D eigenvalue weighted by Crippen LogP contribution is 2.22. The standard InChI is InChI=1S/C13H14N2/c1-4-6-10-7-8-12-13(11(10)5-2)15-9(3)14-12/h4-8H,2H2,1,3H3,(H,14,15)/b6-4-. The lowest BCUT2D eigenvalue weighted by Gasteiger charge is -2.01. The second kappa shape index (κ2) is 3.73. The molecule has 2 heteroatoms. The topological polar surface area (TPSA) is 28.7 Å². The summed E-state index contributed by atoms with van der Waals surface area (Å²) < 4.78 is 0. The molecule has 0 spiro atoms. The Hall–Kier alpha value is -1.83. The van der Waals surface area contributed by atoms with E-state index in [0.717, 1.165) is 28.0 Å². The molecule has 0 unspecified atom stereocenters. The molecule has 1 N–H and O–H groups in total. The highest BCUT2D eigenvalue weighted by molar-refractivity contribution is 5.89. The van der Waals surface area contributed by atoms with E-state index in [1.54, 1.807) is 0 Å². The number of nitrogens with zero attached hydrogens (tertiary/aromatic N) is 1. The van der Waals surface area contributed by atoms with Gasteiger partial charge in [0, 0.05) is 5.56 Å². The third-order valence-electron chi connectivity index (χ3n) is 2.40. The van der Waals surface area contributed by atoms with Gasteiger partial charge in [-0.25, -0.2) is 4.98 Å². The summed E-state index contributed by atoms with van der Waals surface area (Å²) in [6.45, 7) is 7.81. The lowest BCUT2D eigenvalue weighted by Crippen LogP contribution is -1.83. The van der Waals surface area contributed by atoms with Gasteiger partial charge in [0.1, 0.15) is 5.82 Å². The Kier molecular flexibility index (Phi) is 2.42. The first-order valence-electron chi connectivity index (χ1n) is 5.00. The van der Waals surface area contributed by atoms with E-state index >= 15 is 0 Å². The lowest BCUT2D eigenvalue weighted by atomic mass is 10.1. The van der Waals surface area contributed by atoms with Gasteiger partial charge in [0.15, 0.2) is 0 Å². The van der Waals surface area contributed by atoms with Crippen LogP contribution in [0.4, 0.5) is 0 Å². The number of aromatic amines is 1. The molecule has 1 aromatic heterocycles. The smallest absolute Gasteiger partial charge is 0.104 e. The van der Waals surface area contributed by atoms with Crippen LogP contribution >= 0.6 is 0 Å². The maximum Gasteiger partial charge on any atom is 0.104 e. The van der Waals surface area contributed by atoms with Gasteiger partial charge in [-0.3, -0.25) is 0 Å². The van der Waals surface area contributed by atoms with Crippen molar-refractivity contribution in [3.63, 3.8) is 0 Å². The van der Waals surface area contributed by atoms with Crippen molar-refractivity contribution in [2.75, 3.05) is 0 Å². The molecule has 0 saturated heterocycles. The normalized spacial score (nSPS) is 11.3. The number of aryl methyl sites for hydroxylation is 1. The van der Waals surface area contributed by atoms with Crippen LogP contribution in [0.2, 0.25) is 0 Å². The minimum absolute atomic E-state index is 0.936. The van der Waals surface area contributed by atoms with Gasteiger partial charge in [0.05, 0.1) is 11.0 Å². The van der Waals surface area contributed by atoms with Crippen LogP contribution in [0.15, 0.2) is 24.8 Å². The minimum Gasteiger partial charge on any atom is -0.342 e. The highest BCUT2D eigenvalue weighted by atomic mass is 14.9. The van der Waals surface area contributed by atoms with Gasteiger partial charge in [-0.2, -0.15) is 0 Å². The third-order valence-corrected chi connectivity index (χ3v) is 2.40. The first kappa shape index (κ1) is 9.71. The van der Waals surface area contributed by atoms with Crippen LogP contribution < -0.4 is 0 Å². The van der Waals surface area contributed by atoms with Gasteiger partial charge in [-0.15, -0.1) is 0 Å². The van der Waals surface area contributed by atoms with Crippen LogP contribution in [0.5, 0.6) is 0 Å². The van der Waals surface area contributed by atoms with Gasteiger partial charge in [0.2, 0.25) is 0 Å². The van der Waals surface area contributed by atoms with Crippen molar-refractivity contribution in [2.45, 2.75) is 13.8 Å². The van der Waals surface area contributed by atoms with E-state index in [9.17, 15) is 0 Å². The number of hydrogen-bond donors (Lipinski definition) is 1. The van der Waals surface area contributed by atoms with Crippen LogP contribution in [0.25, 0.3) is 23.2 Å². The zero-order valence-corrected chi connectivity index (χ0v) is 9.04. The molecule has 2 nitrogen and oxygen atoms in total. The average Bonchev–Trinajstić information content (AvgIpc) is 2.58. The maximum absolute atomic E-state index is 4.47. The summed E-state index contributed by atoms with van der Waals surface area (Å²) in [6.07, 6.45) is 5.95. The second-order valence-electron chi connectivity index (χ2n) is 3.49. The van der Waals surface area contributed by atoms with Crippen molar-refractivity contribution < 1.29 is 0 Å². The van der Waals surface area contributed by atoms with Crippen LogP contribution in [-0.4, -0.2) is 9.97 Å². The van der Waals surface area contributed by atoms with E-state index in [1.165, 1.54) is 0 Å². The average molecular weight is 198 g/mol. The Labute approximate surface area is 89.4 Å². The fourth-order valence-corrected chi connectivity index (χ4v) is 1.77. The quantitative estimate of drug-likeness (QED) is 0.785. The number of fused-ring (bicyclic) bond motifs is 1. The largest absolute Gasteiger partial charge is 0.342 e. The predicted molar refractivity (Wildman–Crippen MR) is 65.6 cm³/mol. The Balaban J connectivity index is 2.79. The number of benzene rings is 1. The first-order valence-corrected chi connectivity index (χ1v) is 5.00. The molecule has 0 fully saturated rings. The molecule has 2 rings (SSSR count). The molecule has 1 heterocycles. The van der Waals surface area contributed by atoms with Gasteiger partial charge in [-0.05, 0) is 25.5 Å². The second-order valence-corrected chi connectivity index (χ2v) is 3.49. The van der Waals surface area contributed by atoms with E-state index < -0.39 is 0 Å². The third kappa shape index (κ3) is 1.59. The summed E-state index contributed by atoms with van der Waals surface area (Å²) in [5.41, 5.74) is 4.32. The fraction of sp³-hybridized carbons (Fsp3) is 0.154. The molecule has 0 amide bonds. The number of allylic oxidation sites excluding steroid dienone is 1. The number of aromatic nitrogens is 2. The lowest BCUT2D eigenvalue weighted by molar-refractivity contribution is 1.17. The fourth-order valence-electron chi connectivity index (χ4n) is 1.77. The van der Waals surface area contributed by atoms with Crippen LogP contribution in [-0.2, 0) is 0 Å². The Morgan fingerprint density at radius 1 is 1.40 bits per heavy atom. The first-order chi connectivity index (χ1) is 7.26. The molecular formula is C13H14N2. The number of hydrogen-bond acceptors (Lipinski definition) is 1. The number of rotatable bonds is 2. The van der Waals surface area contributed by atoms with Crippen LogP contribution in [0, 0.1) is 6.92 Å². The van der Waals surface area contributed by atoms with Gasteiger partial charge >= 0.3 is 0 Å². The van der Waals surface area contributed by atoms with Crippen LogP contribution in [0.3, 0.4) is 0 Å². The summed E-state index contributed by atoms with van der Waals surface area (Å²) in [5.74, 6) is 0.936. The SMILES string of the molecule is C=Cc1c(/C=C\C)ccc2[nH]c(C)nc12. The molecular weight excluding hydrogens is 184 g/mol. The van der Waals surface area contributed by atoms with Gasteiger partial charge in [-0.1, -0.05) is 30.9 Å². The van der Waals surface area contributed by atoms with E-state index in [-0.39, 0.29) is 0 Å². The summed E-state index contributed by atoms with van der Waals surface area (Å²) in [7, 11) is 0. The molecule has 0 aliphatic rings. The monoisotopic (exact) mass is 198 g/mol. The predicted octanol–water partition coefficient (Wildman–Crippen LogP) is 3.55. The van der Waals surface area contributed by atoms with E-state index in [2.05, 4.69) is 34.8 Å². The summed E-state index contributed by atoms with van der Waals surface area (Å²) in [6, 6.07) is 4.13. The molecule has 0 saturated carbocycles. The Morgan fingerprint density at radius 3 is 2.87 bits per heavy atom. The molecule has 0 aliphatic carbocycles. The van der Waals surface area contributed by atoms with Crippen molar-refractivity contribution in [3.05, 3.63) is 41.7 Å². The zero-order valence-electron chi connectivity index (χ0n) is 9.04. The highest BCUT2D eigenvalue weighted by Gasteiger charge is 2.06. The van der Waals surface area contributed by atoms with Crippen molar-refractivity contribution >= 4 is 23.2 Å². The molecule has 76 valence electrons.